The molecule has 94 valence electrons. The lowest BCUT2D eigenvalue weighted by Crippen LogP contribution is -2.38. The highest BCUT2D eigenvalue weighted by Gasteiger charge is 2.21. The van der Waals surface area contributed by atoms with Gasteiger partial charge in [-0.1, -0.05) is 19.8 Å². The van der Waals surface area contributed by atoms with Crippen LogP contribution in [0.5, 0.6) is 0 Å². The molecule has 0 bridgehead atoms. The van der Waals surface area contributed by atoms with Gasteiger partial charge in [0.25, 0.3) is 0 Å². The quantitative estimate of drug-likeness (QED) is 0.798. The van der Waals surface area contributed by atoms with E-state index in [9.17, 15) is 4.79 Å². The summed E-state index contributed by atoms with van der Waals surface area (Å²) in [5, 5.41) is 0. The zero-order chi connectivity index (χ0) is 12.0. The summed E-state index contributed by atoms with van der Waals surface area (Å²) in [6, 6.07) is 0.434. The number of nitrogens with zero attached hydrogens (tertiary/aromatic N) is 1. The molecule has 0 radical (unpaired) electrons. The zero-order valence-corrected chi connectivity index (χ0v) is 10.7. The van der Waals surface area contributed by atoms with Crippen molar-refractivity contribution in [2.45, 2.75) is 58.4 Å². The molecule has 0 aromatic carbocycles. The van der Waals surface area contributed by atoms with Crippen LogP contribution in [0.1, 0.15) is 52.4 Å². The Morgan fingerprint density at radius 3 is 2.88 bits per heavy atom. The molecule has 1 aliphatic heterocycles. The third kappa shape index (κ3) is 4.12. The standard InChI is InChI=1S/C13H26N2O/c1-11(10-14)7-8-13(16)15-9-5-3-4-6-12(15)2/h11-12H,3-10,14H2,1-2H3. The van der Waals surface area contributed by atoms with Gasteiger partial charge in [-0.3, -0.25) is 4.79 Å². The van der Waals surface area contributed by atoms with Crippen molar-refractivity contribution in [1.82, 2.24) is 4.90 Å². The molecule has 16 heavy (non-hydrogen) atoms. The zero-order valence-electron chi connectivity index (χ0n) is 10.7. The molecule has 2 atom stereocenters. The summed E-state index contributed by atoms with van der Waals surface area (Å²) in [4.78, 5) is 14.1. The fraction of sp³-hybridized carbons (Fsp3) is 0.923. The van der Waals surface area contributed by atoms with Crippen molar-refractivity contribution in [2.24, 2.45) is 11.7 Å². The molecule has 1 rings (SSSR count). The largest absolute Gasteiger partial charge is 0.340 e. The van der Waals surface area contributed by atoms with Crippen molar-refractivity contribution in [3.63, 3.8) is 0 Å². The number of hydrogen-bond acceptors (Lipinski definition) is 2. The maximum Gasteiger partial charge on any atom is 0.222 e. The molecular formula is C13H26N2O. The van der Waals surface area contributed by atoms with E-state index in [-0.39, 0.29) is 0 Å². The van der Waals surface area contributed by atoms with Crippen molar-refractivity contribution in [1.29, 1.82) is 0 Å². The Morgan fingerprint density at radius 1 is 1.44 bits per heavy atom. The van der Waals surface area contributed by atoms with Crippen molar-refractivity contribution >= 4 is 5.91 Å². The van der Waals surface area contributed by atoms with E-state index in [1.54, 1.807) is 0 Å². The smallest absolute Gasteiger partial charge is 0.222 e. The predicted octanol–water partition coefficient (Wildman–Crippen LogP) is 2.15. The Labute approximate surface area is 99.4 Å². The molecule has 3 heteroatoms. The van der Waals surface area contributed by atoms with E-state index in [1.165, 1.54) is 19.3 Å². The molecule has 1 amide bonds. The van der Waals surface area contributed by atoms with Crippen LogP contribution in [0.3, 0.4) is 0 Å². The Morgan fingerprint density at radius 2 is 2.19 bits per heavy atom. The van der Waals surface area contributed by atoms with Crippen molar-refractivity contribution in [3.8, 4) is 0 Å². The van der Waals surface area contributed by atoms with Crippen LogP contribution in [0.25, 0.3) is 0 Å². The highest BCUT2D eigenvalue weighted by molar-refractivity contribution is 5.76. The summed E-state index contributed by atoms with van der Waals surface area (Å²) >= 11 is 0. The molecule has 2 N–H and O–H groups in total. The van der Waals surface area contributed by atoms with Crippen molar-refractivity contribution in [2.75, 3.05) is 13.1 Å². The van der Waals surface area contributed by atoms with E-state index >= 15 is 0 Å². The van der Waals surface area contributed by atoms with E-state index in [0.29, 0.717) is 30.8 Å². The van der Waals surface area contributed by atoms with Crippen molar-refractivity contribution < 1.29 is 4.79 Å². The minimum atomic E-state index is 0.328. The average molecular weight is 226 g/mol. The van der Waals surface area contributed by atoms with Crippen LogP contribution in [-0.2, 0) is 4.79 Å². The Kier molecular flexibility index (Phi) is 5.81. The van der Waals surface area contributed by atoms with Crippen LogP contribution >= 0.6 is 0 Å². The van der Waals surface area contributed by atoms with E-state index in [2.05, 4.69) is 18.7 Å². The van der Waals surface area contributed by atoms with E-state index in [1.807, 2.05) is 0 Å². The SMILES string of the molecule is CC(CN)CCC(=O)N1CCCCCC1C. The number of carbonyl (C=O) groups is 1. The second kappa shape index (κ2) is 6.89. The lowest BCUT2D eigenvalue weighted by molar-refractivity contribution is -0.133. The second-order valence-corrected chi connectivity index (χ2v) is 5.17. The fourth-order valence-electron chi connectivity index (χ4n) is 2.28. The van der Waals surface area contributed by atoms with E-state index in [0.717, 1.165) is 19.4 Å². The van der Waals surface area contributed by atoms with Gasteiger partial charge >= 0.3 is 0 Å². The third-order valence-electron chi connectivity index (χ3n) is 3.63. The first kappa shape index (κ1) is 13.5. The maximum atomic E-state index is 12.1. The van der Waals surface area contributed by atoms with Crippen molar-refractivity contribution in [3.05, 3.63) is 0 Å². The first-order chi connectivity index (χ1) is 7.65. The van der Waals surface area contributed by atoms with E-state index in [4.69, 9.17) is 5.73 Å². The summed E-state index contributed by atoms with van der Waals surface area (Å²) in [6.07, 6.45) is 6.47. The molecule has 2 unspecified atom stereocenters. The minimum Gasteiger partial charge on any atom is -0.340 e. The Balaban J connectivity index is 2.38. The molecule has 3 nitrogen and oxygen atoms in total. The van der Waals surface area contributed by atoms with E-state index < -0.39 is 0 Å². The summed E-state index contributed by atoms with van der Waals surface area (Å²) in [6.45, 7) is 5.93. The van der Waals surface area contributed by atoms with Crippen LogP contribution in [0.4, 0.5) is 0 Å². The second-order valence-electron chi connectivity index (χ2n) is 5.17. The summed E-state index contributed by atoms with van der Waals surface area (Å²) in [7, 11) is 0. The molecule has 0 aromatic rings. The number of nitrogens with two attached hydrogens (primary N) is 1. The highest BCUT2D eigenvalue weighted by atomic mass is 16.2. The lowest BCUT2D eigenvalue weighted by atomic mass is 10.0. The van der Waals surface area contributed by atoms with Gasteiger partial charge in [0, 0.05) is 19.0 Å². The van der Waals surface area contributed by atoms with Gasteiger partial charge in [-0.05, 0) is 38.6 Å². The van der Waals surface area contributed by atoms with Crippen LogP contribution in [0, 0.1) is 5.92 Å². The van der Waals surface area contributed by atoms with Gasteiger partial charge in [-0.15, -0.1) is 0 Å². The molecule has 1 fully saturated rings. The Bertz CT molecular complexity index is 218. The topological polar surface area (TPSA) is 46.3 Å². The first-order valence-electron chi connectivity index (χ1n) is 6.64. The van der Waals surface area contributed by atoms with Gasteiger partial charge in [0.05, 0.1) is 0 Å². The van der Waals surface area contributed by atoms with Crippen LogP contribution < -0.4 is 5.73 Å². The van der Waals surface area contributed by atoms with Crippen LogP contribution in [0.15, 0.2) is 0 Å². The molecule has 1 heterocycles. The van der Waals surface area contributed by atoms with Gasteiger partial charge in [0.2, 0.25) is 5.91 Å². The van der Waals surface area contributed by atoms with Crippen LogP contribution in [0.2, 0.25) is 0 Å². The van der Waals surface area contributed by atoms with Gasteiger partial charge in [-0.2, -0.15) is 0 Å². The summed E-state index contributed by atoms with van der Waals surface area (Å²) in [5.41, 5.74) is 5.56. The van der Waals surface area contributed by atoms with Gasteiger partial charge < -0.3 is 10.6 Å². The summed E-state index contributed by atoms with van der Waals surface area (Å²) in [5.74, 6) is 0.793. The number of rotatable bonds is 4. The first-order valence-corrected chi connectivity index (χ1v) is 6.64. The molecule has 0 aromatic heterocycles. The third-order valence-corrected chi connectivity index (χ3v) is 3.63. The predicted molar refractivity (Wildman–Crippen MR) is 67.1 cm³/mol. The molecule has 0 aliphatic carbocycles. The highest BCUT2D eigenvalue weighted by Crippen LogP contribution is 2.18. The summed E-state index contributed by atoms with van der Waals surface area (Å²) < 4.78 is 0. The van der Waals surface area contributed by atoms with Gasteiger partial charge in [0.1, 0.15) is 0 Å². The van der Waals surface area contributed by atoms with Crippen LogP contribution in [-0.4, -0.2) is 29.9 Å². The Hall–Kier alpha value is -0.570. The lowest BCUT2D eigenvalue weighted by Gasteiger charge is -2.27. The maximum absolute atomic E-state index is 12.1. The molecular weight excluding hydrogens is 200 g/mol. The molecule has 1 saturated heterocycles. The van der Waals surface area contributed by atoms with Gasteiger partial charge in [-0.25, -0.2) is 0 Å². The minimum absolute atomic E-state index is 0.328. The molecule has 0 spiro atoms. The fourth-order valence-corrected chi connectivity index (χ4v) is 2.28. The average Bonchev–Trinajstić information content (AvgIpc) is 2.50. The molecule has 0 saturated carbocycles. The number of carbonyl (C=O) groups excluding carboxylic acids is 1. The normalized spacial score (nSPS) is 23.9. The molecule has 1 aliphatic rings. The number of amides is 1. The monoisotopic (exact) mass is 226 g/mol. The number of likely N-dealkylation sites (tertiary alicyclic amines) is 1. The van der Waals surface area contributed by atoms with Gasteiger partial charge in [0.15, 0.2) is 0 Å². The number of hydrogen-bond donors (Lipinski definition) is 1.